The van der Waals surface area contributed by atoms with E-state index in [1.54, 1.807) is 42.5 Å². The minimum atomic E-state index is -0.577. The molecule has 0 radical (unpaired) electrons. The zero-order chi connectivity index (χ0) is 20.5. The van der Waals surface area contributed by atoms with E-state index >= 15 is 0 Å². The van der Waals surface area contributed by atoms with Gasteiger partial charge in [0.2, 0.25) is 5.89 Å². The summed E-state index contributed by atoms with van der Waals surface area (Å²) in [4.78, 5) is 27.0. The number of oxazole rings is 1. The van der Waals surface area contributed by atoms with Crippen LogP contribution in [0.2, 0.25) is 10.0 Å². The minimum Gasteiger partial charge on any atom is -0.436 e. The molecule has 0 unspecified atom stereocenters. The number of non-ortho nitro benzene ring substituents is 1. The molecule has 0 atom stereocenters. The predicted molar refractivity (Wildman–Crippen MR) is 111 cm³/mol. The molecule has 1 N–H and O–H groups in total. The third-order valence-electron chi connectivity index (χ3n) is 4.15. The van der Waals surface area contributed by atoms with E-state index in [-0.39, 0.29) is 16.3 Å². The highest BCUT2D eigenvalue weighted by atomic mass is 35.5. The summed E-state index contributed by atoms with van der Waals surface area (Å²) < 4.78 is 5.72. The van der Waals surface area contributed by atoms with Gasteiger partial charge in [0.15, 0.2) is 5.58 Å². The highest BCUT2D eigenvalue weighted by Crippen LogP contribution is 2.28. The topological polar surface area (TPSA) is 98.3 Å². The van der Waals surface area contributed by atoms with Crippen molar-refractivity contribution in [3.8, 4) is 11.5 Å². The number of aromatic nitrogens is 1. The van der Waals surface area contributed by atoms with Gasteiger partial charge < -0.3 is 9.73 Å². The normalized spacial score (nSPS) is 10.8. The summed E-state index contributed by atoms with van der Waals surface area (Å²) in [6, 6.07) is 15.7. The Hall–Kier alpha value is -3.42. The summed E-state index contributed by atoms with van der Waals surface area (Å²) in [5.74, 6) is -0.0484. The van der Waals surface area contributed by atoms with Crippen LogP contribution < -0.4 is 5.32 Å². The van der Waals surface area contributed by atoms with Crippen LogP contribution in [-0.4, -0.2) is 15.8 Å². The number of halogens is 2. The second kappa shape index (κ2) is 7.54. The lowest BCUT2D eigenvalue weighted by atomic mass is 10.1. The molecule has 1 aromatic heterocycles. The Morgan fingerprint density at radius 3 is 2.48 bits per heavy atom. The smallest absolute Gasteiger partial charge is 0.270 e. The fraction of sp³-hybridized carbons (Fsp3) is 0. The quantitative estimate of drug-likeness (QED) is 0.319. The number of anilines is 1. The fourth-order valence-electron chi connectivity index (χ4n) is 2.72. The zero-order valence-electron chi connectivity index (χ0n) is 14.6. The minimum absolute atomic E-state index is 0.00143. The summed E-state index contributed by atoms with van der Waals surface area (Å²) in [5.41, 5.74) is 2.47. The van der Waals surface area contributed by atoms with Crippen LogP contribution in [-0.2, 0) is 0 Å². The van der Waals surface area contributed by atoms with E-state index < -0.39 is 10.8 Å². The van der Waals surface area contributed by atoms with Crippen LogP contribution >= 0.6 is 23.2 Å². The number of nitrogens with zero attached hydrogens (tertiary/aromatic N) is 2. The molecule has 4 rings (SSSR count). The highest BCUT2D eigenvalue weighted by Gasteiger charge is 2.15. The van der Waals surface area contributed by atoms with Crippen molar-refractivity contribution in [1.82, 2.24) is 4.98 Å². The third-order valence-corrected chi connectivity index (χ3v) is 4.70. The van der Waals surface area contributed by atoms with Crippen molar-refractivity contribution in [3.63, 3.8) is 0 Å². The number of carbonyl (C=O) groups is 1. The Labute approximate surface area is 174 Å². The largest absolute Gasteiger partial charge is 0.436 e. The molecule has 1 heterocycles. The molecule has 7 nitrogen and oxygen atoms in total. The predicted octanol–water partition coefficient (Wildman–Crippen LogP) is 5.96. The first-order valence-electron chi connectivity index (χ1n) is 8.32. The van der Waals surface area contributed by atoms with Crippen molar-refractivity contribution < 1.29 is 14.1 Å². The van der Waals surface area contributed by atoms with E-state index in [9.17, 15) is 14.9 Å². The maximum absolute atomic E-state index is 12.4. The number of benzene rings is 3. The maximum Gasteiger partial charge on any atom is 0.270 e. The second-order valence-electron chi connectivity index (χ2n) is 6.08. The summed E-state index contributed by atoms with van der Waals surface area (Å²) in [6.45, 7) is 0. The van der Waals surface area contributed by atoms with Crippen molar-refractivity contribution in [2.24, 2.45) is 0 Å². The first-order chi connectivity index (χ1) is 13.9. The molecule has 144 valence electrons. The molecule has 0 aliphatic carbocycles. The number of nitrogens with one attached hydrogen (secondary N) is 1. The van der Waals surface area contributed by atoms with Gasteiger partial charge in [0.1, 0.15) is 5.52 Å². The molecule has 4 aromatic rings. The lowest BCUT2D eigenvalue weighted by Crippen LogP contribution is -2.12. The Balaban J connectivity index is 1.53. The van der Waals surface area contributed by atoms with Gasteiger partial charge in [-0.25, -0.2) is 4.98 Å². The fourth-order valence-corrected chi connectivity index (χ4v) is 3.15. The van der Waals surface area contributed by atoms with Gasteiger partial charge in [-0.1, -0.05) is 23.2 Å². The number of fused-ring (bicyclic) bond motifs is 1. The standard InChI is InChI=1S/C20H11Cl2N3O4/c21-12-3-8-18-17(9-12)24-20(29-18)11-1-4-13(5-2-11)23-19(26)15-7-6-14(25(27)28)10-16(15)22/h1-10H,(H,23,26). The van der Waals surface area contributed by atoms with Crippen LogP contribution in [0.3, 0.4) is 0 Å². The van der Waals surface area contributed by atoms with Gasteiger partial charge in [0.25, 0.3) is 11.6 Å². The van der Waals surface area contributed by atoms with Crippen LogP contribution in [0, 0.1) is 10.1 Å². The first kappa shape index (κ1) is 18.9. The SMILES string of the molecule is O=C(Nc1ccc(-c2nc3cc(Cl)ccc3o2)cc1)c1ccc([N+](=O)[O-])cc1Cl. The van der Waals surface area contributed by atoms with Crippen LogP contribution in [0.1, 0.15) is 10.4 Å². The second-order valence-corrected chi connectivity index (χ2v) is 6.93. The summed E-state index contributed by atoms with van der Waals surface area (Å²) in [5, 5.41) is 14.0. The Morgan fingerprint density at radius 1 is 1.03 bits per heavy atom. The van der Waals surface area contributed by atoms with Gasteiger partial charge in [-0.15, -0.1) is 0 Å². The zero-order valence-corrected chi connectivity index (χ0v) is 16.1. The number of carbonyl (C=O) groups excluding carboxylic acids is 1. The molecule has 9 heteroatoms. The van der Waals surface area contributed by atoms with Gasteiger partial charge in [-0.05, 0) is 48.5 Å². The van der Waals surface area contributed by atoms with Crippen LogP contribution in [0.15, 0.2) is 65.1 Å². The number of hydrogen-bond donors (Lipinski definition) is 1. The van der Waals surface area contributed by atoms with Crippen molar-refractivity contribution >= 4 is 51.6 Å². The molecular formula is C20H11Cl2N3O4. The van der Waals surface area contributed by atoms with Crippen molar-refractivity contribution in [1.29, 1.82) is 0 Å². The molecule has 0 spiro atoms. The van der Waals surface area contributed by atoms with E-state index in [1.807, 2.05) is 0 Å². The molecule has 3 aromatic carbocycles. The number of rotatable bonds is 4. The van der Waals surface area contributed by atoms with Gasteiger partial charge in [0.05, 0.1) is 15.5 Å². The molecular weight excluding hydrogens is 417 g/mol. The van der Waals surface area contributed by atoms with Gasteiger partial charge in [0, 0.05) is 28.4 Å². The number of nitro benzene ring substituents is 1. The number of amides is 1. The van der Waals surface area contributed by atoms with E-state index in [2.05, 4.69) is 10.3 Å². The monoisotopic (exact) mass is 427 g/mol. The molecule has 0 saturated carbocycles. The number of nitro groups is 1. The average molecular weight is 428 g/mol. The molecule has 0 aliphatic heterocycles. The molecule has 0 fully saturated rings. The molecule has 0 saturated heterocycles. The van der Waals surface area contributed by atoms with Crippen molar-refractivity contribution in [2.45, 2.75) is 0 Å². The Kier molecular flexibility index (Phi) is 4.92. The van der Waals surface area contributed by atoms with Crippen LogP contribution in [0.5, 0.6) is 0 Å². The van der Waals surface area contributed by atoms with Crippen LogP contribution in [0.25, 0.3) is 22.6 Å². The Bertz CT molecular complexity index is 1250. The highest BCUT2D eigenvalue weighted by molar-refractivity contribution is 6.34. The van der Waals surface area contributed by atoms with Crippen molar-refractivity contribution in [2.75, 3.05) is 5.32 Å². The summed E-state index contributed by atoms with van der Waals surface area (Å²) >= 11 is 12.0. The third kappa shape index (κ3) is 3.91. The first-order valence-corrected chi connectivity index (χ1v) is 9.08. The molecule has 1 amide bonds. The average Bonchev–Trinajstić information content (AvgIpc) is 3.11. The summed E-state index contributed by atoms with van der Waals surface area (Å²) in [7, 11) is 0. The molecule has 0 aliphatic rings. The van der Waals surface area contributed by atoms with E-state index in [0.717, 1.165) is 11.6 Å². The van der Waals surface area contributed by atoms with Crippen LogP contribution in [0.4, 0.5) is 11.4 Å². The van der Waals surface area contributed by atoms with E-state index in [1.165, 1.54) is 12.1 Å². The lowest BCUT2D eigenvalue weighted by Gasteiger charge is -2.07. The Morgan fingerprint density at radius 2 is 1.79 bits per heavy atom. The van der Waals surface area contributed by atoms with Crippen molar-refractivity contribution in [3.05, 3.63) is 86.4 Å². The van der Waals surface area contributed by atoms with Gasteiger partial charge in [-0.3, -0.25) is 14.9 Å². The summed E-state index contributed by atoms with van der Waals surface area (Å²) in [6.07, 6.45) is 0. The maximum atomic E-state index is 12.4. The lowest BCUT2D eigenvalue weighted by molar-refractivity contribution is -0.384. The van der Waals surface area contributed by atoms with E-state index in [4.69, 9.17) is 27.6 Å². The number of hydrogen-bond acceptors (Lipinski definition) is 5. The van der Waals surface area contributed by atoms with E-state index in [0.29, 0.717) is 27.7 Å². The molecule has 29 heavy (non-hydrogen) atoms. The molecule has 0 bridgehead atoms. The van der Waals surface area contributed by atoms with Gasteiger partial charge in [-0.2, -0.15) is 0 Å². The van der Waals surface area contributed by atoms with Gasteiger partial charge >= 0.3 is 0 Å².